The van der Waals surface area contributed by atoms with Crippen LogP contribution in [0.5, 0.6) is 23.0 Å². The standard InChI is InChI=1S/C41H35NO11/c1-4-28-9-15-31(16-10-28)42-39(45)35-27-34(52-40(46)29-11-17-32(18-12-29)48-23-7-25-50-37(43)5-2)21-22-36(35)53-41(47)30-13-19-33(20-14-30)49-24-8-26-51-38(44)6-3/h1,5-6,9-22,27H,2-3,7-8,23-26H2,(H,42,45). The number of nitrogens with one attached hydrogen (secondary N) is 1. The number of carbonyl (C=O) groups is 5. The van der Waals surface area contributed by atoms with Gasteiger partial charge in [0.25, 0.3) is 5.91 Å². The molecule has 0 unspecified atom stereocenters. The monoisotopic (exact) mass is 717 g/mol. The molecule has 0 fully saturated rings. The van der Waals surface area contributed by atoms with Crippen molar-refractivity contribution in [2.24, 2.45) is 0 Å². The third-order valence-corrected chi connectivity index (χ3v) is 7.04. The molecule has 1 amide bonds. The number of anilines is 1. The molecule has 0 heterocycles. The Labute approximate surface area is 305 Å². The number of hydrogen-bond donors (Lipinski definition) is 1. The fourth-order valence-corrected chi connectivity index (χ4v) is 4.35. The van der Waals surface area contributed by atoms with Crippen molar-refractivity contribution in [1.29, 1.82) is 0 Å². The van der Waals surface area contributed by atoms with Crippen molar-refractivity contribution in [3.05, 3.63) is 139 Å². The Morgan fingerprint density at radius 2 is 1.11 bits per heavy atom. The van der Waals surface area contributed by atoms with Crippen LogP contribution in [-0.2, 0) is 19.1 Å². The SMILES string of the molecule is C#Cc1ccc(NC(=O)c2cc(OC(=O)c3ccc(OCCCOC(=O)C=C)cc3)ccc2OC(=O)c2ccc(OCCCOC(=O)C=C)cc2)cc1. The van der Waals surface area contributed by atoms with E-state index in [1.165, 1.54) is 42.5 Å². The summed E-state index contributed by atoms with van der Waals surface area (Å²) in [6, 6.07) is 22.9. The molecule has 0 saturated carbocycles. The van der Waals surface area contributed by atoms with Gasteiger partial charge in [-0.1, -0.05) is 19.1 Å². The second-order valence-corrected chi connectivity index (χ2v) is 10.8. The lowest BCUT2D eigenvalue weighted by Gasteiger charge is -2.13. The lowest BCUT2D eigenvalue weighted by Crippen LogP contribution is -2.17. The van der Waals surface area contributed by atoms with E-state index in [4.69, 9.17) is 34.8 Å². The fourth-order valence-electron chi connectivity index (χ4n) is 4.35. The van der Waals surface area contributed by atoms with Gasteiger partial charge in [-0.25, -0.2) is 19.2 Å². The molecule has 1 N–H and O–H groups in total. The van der Waals surface area contributed by atoms with Gasteiger partial charge in [-0.15, -0.1) is 6.42 Å². The first-order valence-electron chi connectivity index (χ1n) is 16.2. The van der Waals surface area contributed by atoms with Crippen LogP contribution in [0.1, 0.15) is 49.5 Å². The molecule has 0 saturated heterocycles. The predicted molar refractivity (Wildman–Crippen MR) is 194 cm³/mol. The molecule has 0 aliphatic rings. The summed E-state index contributed by atoms with van der Waals surface area (Å²) in [6.45, 7) is 7.56. The second-order valence-electron chi connectivity index (χ2n) is 10.8. The predicted octanol–water partition coefficient (Wildman–Crippen LogP) is 6.35. The van der Waals surface area contributed by atoms with Crippen molar-refractivity contribution in [3.8, 4) is 35.3 Å². The number of terminal acetylenes is 1. The molecular weight excluding hydrogens is 682 g/mol. The fraction of sp³-hybridized carbons (Fsp3) is 0.146. The summed E-state index contributed by atoms with van der Waals surface area (Å²) >= 11 is 0. The molecule has 0 bridgehead atoms. The normalized spacial score (nSPS) is 10.1. The average molecular weight is 718 g/mol. The summed E-state index contributed by atoms with van der Waals surface area (Å²) in [5.41, 5.74) is 1.32. The molecule has 0 aromatic heterocycles. The molecule has 0 aliphatic heterocycles. The van der Waals surface area contributed by atoms with E-state index in [-0.39, 0.29) is 54.6 Å². The van der Waals surface area contributed by atoms with Gasteiger partial charge in [-0.2, -0.15) is 0 Å². The first-order chi connectivity index (χ1) is 25.7. The largest absolute Gasteiger partial charge is 0.493 e. The molecule has 0 radical (unpaired) electrons. The van der Waals surface area contributed by atoms with Crippen molar-refractivity contribution in [1.82, 2.24) is 0 Å². The highest BCUT2D eigenvalue weighted by Crippen LogP contribution is 2.28. The molecule has 4 rings (SSSR count). The third kappa shape index (κ3) is 12.3. The maximum absolute atomic E-state index is 13.5. The Balaban J connectivity index is 1.43. The maximum Gasteiger partial charge on any atom is 0.343 e. The number of carbonyl (C=O) groups excluding carboxylic acids is 5. The van der Waals surface area contributed by atoms with Crippen molar-refractivity contribution in [3.63, 3.8) is 0 Å². The van der Waals surface area contributed by atoms with Gasteiger partial charge in [0, 0.05) is 36.2 Å². The highest BCUT2D eigenvalue weighted by molar-refractivity contribution is 6.07. The van der Waals surface area contributed by atoms with Crippen LogP contribution in [0, 0.1) is 12.3 Å². The molecular formula is C41H35NO11. The van der Waals surface area contributed by atoms with Crippen molar-refractivity contribution < 1.29 is 52.4 Å². The van der Waals surface area contributed by atoms with Crippen LogP contribution < -0.4 is 24.3 Å². The Bertz CT molecular complexity index is 1980. The summed E-state index contributed by atoms with van der Waals surface area (Å²) in [5, 5.41) is 2.73. The third-order valence-electron chi connectivity index (χ3n) is 7.04. The summed E-state index contributed by atoms with van der Waals surface area (Å²) < 4.78 is 32.2. The molecule has 4 aromatic carbocycles. The van der Waals surface area contributed by atoms with Crippen LogP contribution in [0.4, 0.5) is 5.69 Å². The summed E-state index contributed by atoms with van der Waals surface area (Å²) in [7, 11) is 0. The van der Waals surface area contributed by atoms with Gasteiger partial charge in [0.2, 0.25) is 0 Å². The highest BCUT2D eigenvalue weighted by atomic mass is 16.5. The molecule has 0 spiro atoms. The van der Waals surface area contributed by atoms with E-state index in [1.807, 2.05) is 0 Å². The van der Waals surface area contributed by atoms with Gasteiger partial charge in [-0.3, -0.25) is 4.79 Å². The minimum atomic E-state index is -0.759. The summed E-state index contributed by atoms with van der Waals surface area (Å²) in [5.74, 6) is 0.228. The number of hydrogen-bond acceptors (Lipinski definition) is 11. The molecule has 12 nitrogen and oxygen atoms in total. The first kappa shape index (κ1) is 38.7. The van der Waals surface area contributed by atoms with Crippen LogP contribution in [0.2, 0.25) is 0 Å². The molecule has 270 valence electrons. The topological polar surface area (TPSA) is 153 Å². The zero-order valence-electron chi connectivity index (χ0n) is 28.5. The smallest absolute Gasteiger partial charge is 0.343 e. The van der Waals surface area contributed by atoms with Gasteiger partial charge in [0.1, 0.15) is 23.0 Å². The van der Waals surface area contributed by atoms with E-state index in [9.17, 15) is 24.0 Å². The minimum Gasteiger partial charge on any atom is -0.493 e. The second kappa shape index (κ2) is 19.9. The van der Waals surface area contributed by atoms with Gasteiger partial charge < -0.3 is 33.7 Å². The zero-order valence-corrected chi connectivity index (χ0v) is 28.5. The van der Waals surface area contributed by atoms with Crippen LogP contribution >= 0.6 is 0 Å². The van der Waals surface area contributed by atoms with Gasteiger partial charge in [0.15, 0.2) is 0 Å². The zero-order chi connectivity index (χ0) is 38.0. The average Bonchev–Trinajstić information content (AvgIpc) is 3.18. The summed E-state index contributed by atoms with van der Waals surface area (Å²) in [4.78, 5) is 61.9. The maximum atomic E-state index is 13.5. The molecule has 12 heteroatoms. The number of ether oxygens (including phenoxy) is 6. The van der Waals surface area contributed by atoms with E-state index < -0.39 is 29.8 Å². The Morgan fingerprint density at radius 1 is 0.623 bits per heavy atom. The van der Waals surface area contributed by atoms with E-state index >= 15 is 0 Å². The van der Waals surface area contributed by atoms with E-state index in [1.54, 1.807) is 48.5 Å². The van der Waals surface area contributed by atoms with E-state index in [0.717, 1.165) is 12.2 Å². The lowest BCUT2D eigenvalue weighted by molar-refractivity contribution is -0.138. The Kier molecular flexibility index (Phi) is 14.5. The number of rotatable bonds is 18. The molecule has 4 aromatic rings. The number of benzene rings is 4. The van der Waals surface area contributed by atoms with Gasteiger partial charge >= 0.3 is 23.9 Å². The number of esters is 4. The first-order valence-corrected chi connectivity index (χ1v) is 16.2. The van der Waals surface area contributed by atoms with Crippen LogP contribution in [0.25, 0.3) is 0 Å². The van der Waals surface area contributed by atoms with E-state index in [0.29, 0.717) is 35.6 Å². The molecule has 0 aliphatic carbocycles. The van der Waals surface area contributed by atoms with Crippen molar-refractivity contribution in [2.45, 2.75) is 12.8 Å². The lowest BCUT2D eigenvalue weighted by atomic mass is 10.1. The Morgan fingerprint density at radius 3 is 1.60 bits per heavy atom. The summed E-state index contributed by atoms with van der Waals surface area (Å²) in [6.07, 6.45) is 8.50. The van der Waals surface area contributed by atoms with Crippen LogP contribution in [0.15, 0.2) is 116 Å². The van der Waals surface area contributed by atoms with Crippen LogP contribution in [0.3, 0.4) is 0 Å². The molecule has 0 atom stereocenters. The van der Waals surface area contributed by atoms with Crippen molar-refractivity contribution >= 4 is 35.5 Å². The van der Waals surface area contributed by atoms with Gasteiger partial charge in [0.05, 0.1) is 43.1 Å². The minimum absolute atomic E-state index is 0.0118. The molecule has 53 heavy (non-hydrogen) atoms. The number of amides is 1. The Hall–Kier alpha value is -7.13. The van der Waals surface area contributed by atoms with Gasteiger partial charge in [-0.05, 0) is 91.0 Å². The quantitative estimate of drug-likeness (QED) is 0.0403. The van der Waals surface area contributed by atoms with E-state index in [2.05, 4.69) is 24.4 Å². The van der Waals surface area contributed by atoms with Crippen molar-refractivity contribution in [2.75, 3.05) is 31.7 Å². The highest BCUT2D eigenvalue weighted by Gasteiger charge is 2.20. The van der Waals surface area contributed by atoms with Crippen LogP contribution in [-0.4, -0.2) is 56.2 Å².